The molecule has 0 saturated heterocycles. The van der Waals surface area contributed by atoms with Gasteiger partial charge >= 0.3 is 0 Å². The minimum absolute atomic E-state index is 0.00800. The number of hydrogen-bond donors (Lipinski definition) is 4. The predicted molar refractivity (Wildman–Crippen MR) is 122 cm³/mol. The molecule has 0 aliphatic heterocycles. The summed E-state index contributed by atoms with van der Waals surface area (Å²) in [6.07, 6.45) is 5.47. The first kappa shape index (κ1) is 25.5. The molecule has 3 amide bonds. The number of carbonyl (C=O) groups is 4. The van der Waals surface area contributed by atoms with Crippen molar-refractivity contribution in [2.75, 3.05) is 0 Å². The molecule has 174 valence electrons. The zero-order valence-corrected chi connectivity index (χ0v) is 19.0. The first-order valence-corrected chi connectivity index (χ1v) is 11.3. The van der Waals surface area contributed by atoms with E-state index in [1.807, 2.05) is 0 Å². The van der Waals surface area contributed by atoms with Crippen LogP contribution < -0.4 is 16.0 Å². The standard InChI is InChI=1S/C23H31ClN4O4/c1-15(29)27-21(17-5-3-2-4-6-17)23(32)28-20(12-11-19(30)13-25)22(31)26-14-16-7-9-18(24)10-8-16/h7-10,13,17,20-21,25H,2-6,11-12,14H2,1H3,(H,26,31)(H,27,29)(H,28,32)/t20-,21-/m0/s1. The van der Waals surface area contributed by atoms with Gasteiger partial charge in [-0.1, -0.05) is 43.0 Å². The van der Waals surface area contributed by atoms with Gasteiger partial charge in [-0.15, -0.1) is 0 Å². The second-order valence-corrected chi connectivity index (χ2v) is 8.57. The first-order chi connectivity index (χ1) is 15.3. The number of halogens is 1. The molecule has 1 fully saturated rings. The summed E-state index contributed by atoms with van der Waals surface area (Å²) >= 11 is 5.88. The Kier molecular flexibility index (Phi) is 10.3. The summed E-state index contributed by atoms with van der Waals surface area (Å²) in [6.45, 7) is 1.60. The average Bonchev–Trinajstić information content (AvgIpc) is 2.79. The second kappa shape index (κ2) is 13.0. The Balaban J connectivity index is 2.08. The molecule has 0 radical (unpaired) electrons. The van der Waals surface area contributed by atoms with E-state index in [2.05, 4.69) is 16.0 Å². The molecule has 0 aromatic heterocycles. The van der Waals surface area contributed by atoms with Gasteiger partial charge in [0.25, 0.3) is 0 Å². The van der Waals surface area contributed by atoms with Gasteiger partial charge in [0.05, 0.1) is 6.21 Å². The lowest BCUT2D eigenvalue weighted by Gasteiger charge is -2.31. The Morgan fingerprint density at radius 1 is 1.06 bits per heavy atom. The van der Waals surface area contributed by atoms with Crippen LogP contribution in [-0.4, -0.2) is 41.8 Å². The molecule has 1 aromatic carbocycles. The molecule has 0 bridgehead atoms. The summed E-state index contributed by atoms with van der Waals surface area (Å²) in [5, 5.41) is 15.9. The Morgan fingerprint density at radius 2 is 1.72 bits per heavy atom. The molecule has 4 N–H and O–H groups in total. The van der Waals surface area contributed by atoms with Gasteiger partial charge in [0.15, 0.2) is 5.78 Å². The zero-order valence-electron chi connectivity index (χ0n) is 18.3. The van der Waals surface area contributed by atoms with Crippen LogP contribution >= 0.6 is 11.6 Å². The van der Waals surface area contributed by atoms with Crippen LogP contribution in [0.1, 0.15) is 57.4 Å². The average molecular weight is 463 g/mol. The highest BCUT2D eigenvalue weighted by Gasteiger charge is 2.32. The van der Waals surface area contributed by atoms with E-state index in [1.54, 1.807) is 24.3 Å². The molecule has 0 spiro atoms. The minimum Gasteiger partial charge on any atom is -0.350 e. The van der Waals surface area contributed by atoms with Crippen molar-refractivity contribution in [2.24, 2.45) is 5.92 Å². The van der Waals surface area contributed by atoms with E-state index < -0.39 is 29.7 Å². The van der Waals surface area contributed by atoms with Gasteiger partial charge in [0.2, 0.25) is 17.7 Å². The number of Topliss-reactive ketones (excluding diaryl/α,β-unsaturated/α-hetero) is 1. The Hall–Kier alpha value is -2.74. The monoisotopic (exact) mass is 462 g/mol. The van der Waals surface area contributed by atoms with Crippen LogP contribution in [0.2, 0.25) is 5.02 Å². The summed E-state index contributed by atoms with van der Waals surface area (Å²) in [5.41, 5.74) is 0.835. The summed E-state index contributed by atoms with van der Waals surface area (Å²) in [5.74, 6) is -1.59. The quantitative estimate of drug-likeness (QED) is 0.376. The van der Waals surface area contributed by atoms with Crippen molar-refractivity contribution in [3.63, 3.8) is 0 Å². The molecule has 2 rings (SSSR count). The van der Waals surface area contributed by atoms with Gasteiger partial charge in [0.1, 0.15) is 12.1 Å². The maximum absolute atomic E-state index is 13.1. The third-order valence-electron chi connectivity index (χ3n) is 5.62. The van der Waals surface area contributed by atoms with Crippen molar-refractivity contribution in [2.45, 2.75) is 70.5 Å². The van der Waals surface area contributed by atoms with E-state index in [0.29, 0.717) is 11.2 Å². The molecular weight excluding hydrogens is 432 g/mol. The lowest BCUT2D eigenvalue weighted by molar-refractivity contribution is -0.133. The maximum atomic E-state index is 13.1. The molecule has 0 heterocycles. The number of nitrogens with one attached hydrogen (secondary N) is 4. The number of amides is 3. The number of rotatable bonds is 11. The van der Waals surface area contributed by atoms with Crippen molar-refractivity contribution in [1.82, 2.24) is 16.0 Å². The summed E-state index contributed by atoms with van der Waals surface area (Å²) in [4.78, 5) is 49.2. The van der Waals surface area contributed by atoms with Crippen LogP contribution in [0.4, 0.5) is 0 Å². The maximum Gasteiger partial charge on any atom is 0.243 e. The topological polar surface area (TPSA) is 128 Å². The van der Waals surface area contributed by atoms with E-state index in [-0.39, 0.29) is 31.2 Å². The summed E-state index contributed by atoms with van der Waals surface area (Å²) < 4.78 is 0. The van der Waals surface area contributed by atoms with Crippen LogP contribution in [0.15, 0.2) is 24.3 Å². The Bertz CT molecular complexity index is 822. The molecule has 1 saturated carbocycles. The fourth-order valence-electron chi connectivity index (χ4n) is 3.89. The predicted octanol–water partition coefficient (Wildman–Crippen LogP) is 2.52. The van der Waals surface area contributed by atoms with Crippen LogP contribution in [0.25, 0.3) is 0 Å². The number of carbonyl (C=O) groups excluding carboxylic acids is 4. The van der Waals surface area contributed by atoms with Crippen LogP contribution in [0, 0.1) is 11.3 Å². The molecule has 2 atom stereocenters. The fourth-order valence-corrected chi connectivity index (χ4v) is 4.01. The van der Waals surface area contributed by atoms with E-state index in [0.717, 1.165) is 37.7 Å². The van der Waals surface area contributed by atoms with Crippen molar-refractivity contribution in [3.05, 3.63) is 34.9 Å². The van der Waals surface area contributed by atoms with Gasteiger partial charge in [-0.25, -0.2) is 0 Å². The highest BCUT2D eigenvalue weighted by atomic mass is 35.5. The SMILES string of the molecule is CC(=O)N[C@H](C(=O)N[C@@H](CCC(=O)C=N)C(=O)NCc1ccc(Cl)cc1)C1CCCCC1. The Morgan fingerprint density at radius 3 is 2.31 bits per heavy atom. The van der Waals surface area contributed by atoms with Gasteiger partial charge in [0, 0.05) is 24.9 Å². The molecule has 1 aliphatic carbocycles. The summed E-state index contributed by atoms with van der Waals surface area (Å²) in [6, 6.07) is 5.31. The Labute approximate surface area is 193 Å². The fraction of sp³-hybridized carbons (Fsp3) is 0.522. The van der Waals surface area contributed by atoms with Crippen molar-refractivity contribution in [1.29, 1.82) is 5.41 Å². The van der Waals surface area contributed by atoms with Crippen molar-refractivity contribution in [3.8, 4) is 0 Å². The molecular formula is C23H31ClN4O4. The number of benzene rings is 1. The van der Waals surface area contributed by atoms with Gasteiger partial charge < -0.3 is 21.4 Å². The molecule has 1 aromatic rings. The van der Waals surface area contributed by atoms with E-state index in [4.69, 9.17) is 17.0 Å². The lowest BCUT2D eigenvalue weighted by Crippen LogP contribution is -2.56. The largest absolute Gasteiger partial charge is 0.350 e. The van der Waals surface area contributed by atoms with Gasteiger partial charge in [-0.05, 0) is 42.9 Å². The third-order valence-corrected chi connectivity index (χ3v) is 5.87. The van der Waals surface area contributed by atoms with Crippen molar-refractivity contribution >= 4 is 41.3 Å². The van der Waals surface area contributed by atoms with Crippen LogP contribution in [-0.2, 0) is 25.7 Å². The molecule has 1 aliphatic rings. The van der Waals surface area contributed by atoms with Crippen molar-refractivity contribution < 1.29 is 19.2 Å². The van der Waals surface area contributed by atoms with Crippen LogP contribution in [0.3, 0.4) is 0 Å². The molecule has 8 nitrogen and oxygen atoms in total. The van der Waals surface area contributed by atoms with E-state index in [9.17, 15) is 19.2 Å². The molecule has 9 heteroatoms. The van der Waals surface area contributed by atoms with Gasteiger partial charge in [-0.2, -0.15) is 0 Å². The number of ketones is 1. The molecule has 0 unspecified atom stereocenters. The second-order valence-electron chi connectivity index (χ2n) is 8.13. The van der Waals surface area contributed by atoms with Crippen LogP contribution in [0.5, 0.6) is 0 Å². The highest BCUT2D eigenvalue weighted by Crippen LogP contribution is 2.26. The third kappa shape index (κ3) is 8.42. The highest BCUT2D eigenvalue weighted by molar-refractivity contribution is 6.30. The van der Waals surface area contributed by atoms with E-state index in [1.165, 1.54) is 6.92 Å². The zero-order chi connectivity index (χ0) is 23.5. The first-order valence-electron chi connectivity index (χ1n) is 10.9. The summed E-state index contributed by atoms with van der Waals surface area (Å²) in [7, 11) is 0. The van der Waals surface area contributed by atoms with Gasteiger partial charge in [-0.3, -0.25) is 19.2 Å². The minimum atomic E-state index is -0.960. The number of hydrogen-bond acceptors (Lipinski definition) is 5. The lowest BCUT2D eigenvalue weighted by atomic mass is 9.83. The normalized spacial score (nSPS) is 15.8. The molecule has 32 heavy (non-hydrogen) atoms. The van der Waals surface area contributed by atoms with E-state index >= 15 is 0 Å². The smallest absolute Gasteiger partial charge is 0.243 e.